The molecule has 0 N–H and O–H groups in total. The van der Waals surface area contributed by atoms with Crippen LogP contribution in [0.15, 0.2) is 0 Å². The van der Waals surface area contributed by atoms with Gasteiger partial charge in [0.1, 0.15) is 0 Å². The van der Waals surface area contributed by atoms with Gasteiger partial charge in [-0.2, -0.15) is 0 Å². The molecular formula is C41H84O8Sn2. The summed E-state index contributed by atoms with van der Waals surface area (Å²) in [6.45, 7) is 14.3. The second-order valence-corrected chi connectivity index (χ2v) is 34.5. The van der Waals surface area contributed by atoms with E-state index in [2.05, 4.69) is 41.5 Å². The number of rotatable bonds is 38. The van der Waals surface area contributed by atoms with E-state index in [0.717, 1.165) is 124 Å². The third kappa shape index (κ3) is 30.0. The molecule has 0 aliphatic rings. The second kappa shape index (κ2) is 37.0. The molecule has 0 saturated heterocycles. The van der Waals surface area contributed by atoms with Crippen molar-refractivity contribution in [2.45, 2.75) is 228 Å². The van der Waals surface area contributed by atoms with Crippen molar-refractivity contribution in [3.8, 4) is 0 Å². The van der Waals surface area contributed by atoms with Gasteiger partial charge in [-0.05, 0) is 0 Å². The Balaban J connectivity index is 6.63. The fraction of sp³-hybridized carbons (Fsp3) is 0.951. The number of unbranched alkanes of at least 4 members (excludes halogenated alkanes) is 21. The molecule has 0 heterocycles. The fourth-order valence-corrected chi connectivity index (χ4v) is 40.5. The van der Waals surface area contributed by atoms with Crippen LogP contribution in [0.2, 0.25) is 13.3 Å². The van der Waals surface area contributed by atoms with Crippen LogP contribution in [0.5, 0.6) is 0 Å². The molecule has 10 heteroatoms. The maximum absolute atomic E-state index is 13.5. The van der Waals surface area contributed by atoms with Gasteiger partial charge in [0, 0.05) is 0 Å². The molecule has 0 bridgehead atoms. The summed E-state index contributed by atoms with van der Waals surface area (Å²) in [6, 6.07) is 0. The molecule has 304 valence electrons. The van der Waals surface area contributed by atoms with Gasteiger partial charge in [0.05, 0.1) is 0 Å². The molecule has 8 nitrogen and oxygen atoms in total. The number of carbonyl (C=O) groups excluding carboxylic acids is 2. The van der Waals surface area contributed by atoms with Crippen LogP contribution in [0.1, 0.15) is 215 Å². The molecule has 51 heavy (non-hydrogen) atoms. The Labute approximate surface area is 326 Å². The number of ether oxygens (including phenoxy) is 2. The van der Waals surface area contributed by atoms with E-state index in [4.69, 9.17) is 20.1 Å². The topological polar surface area (TPSA) is 89.5 Å². The van der Waals surface area contributed by atoms with Crippen LogP contribution in [-0.2, 0) is 20.1 Å². The number of hydrogen-bond donors (Lipinski definition) is 0. The number of carbonyl (C=O) groups is 2. The van der Waals surface area contributed by atoms with Gasteiger partial charge in [-0.3, -0.25) is 0 Å². The van der Waals surface area contributed by atoms with E-state index in [9.17, 15) is 9.59 Å². The van der Waals surface area contributed by atoms with E-state index in [1.807, 2.05) is 0 Å². The predicted molar refractivity (Wildman–Crippen MR) is 217 cm³/mol. The van der Waals surface area contributed by atoms with Gasteiger partial charge < -0.3 is 0 Å². The summed E-state index contributed by atoms with van der Waals surface area (Å²) in [5.41, 5.74) is 0. The average Bonchev–Trinajstić information content (AvgIpc) is 3.11. The van der Waals surface area contributed by atoms with Crippen molar-refractivity contribution in [3.63, 3.8) is 0 Å². The summed E-state index contributed by atoms with van der Waals surface area (Å²) in [6.07, 6.45) is 27.7. The fourth-order valence-electron chi connectivity index (χ4n) is 6.29. The van der Waals surface area contributed by atoms with E-state index in [0.29, 0.717) is 24.3 Å². The van der Waals surface area contributed by atoms with E-state index in [-0.39, 0.29) is 0 Å². The molecule has 0 spiro atoms. The molecule has 0 radical (unpaired) electrons. The van der Waals surface area contributed by atoms with Crippen LogP contribution >= 0.6 is 0 Å². The first kappa shape index (κ1) is 51.1. The Bertz CT molecular complexity index is 771. The standard InChI is InChI=1S/3C8H17.2C6H12O3.C5H11O.O.2Sn/c3*1-3-5-7-8-6-4-2;2*1-2-3-4-5-9-6(7)8;1-2-3-4-5-6;;;/h3*1,3-8H2,2H3;2*2-5H2,1H3,(H,7,8);2-5H2,1H3;;;/q;;;;;-1;;+1;+2/p-2. The van der Waals surface area contributed by atoms with Gasteiger partial charge in [-0.25, -0.2) is 0 Å². The summed E-state index contributed by atoms with van der Waals surface area (Å²) < 4.78 is 40.7. The van der Waals surface area contributed by atoms with Crippen molar-refractivity contribution in [2.24, 2.45) is 0 Å². The Hall–Kier alpha value is 0.0574. The van der Waals surface area contributed by atoms with Crippen molar-refractivity contribution in [2.75, 3.05) is 19.8 Å². The van der Waals surface area contributed by atoms with E-state index in [1.165, 1.54) is 57.8 Å². The molecule has 0 amide bonds. The minimum atomic E-state index is -4.70. The first-order chi connectivity index (χ1) is 24.9. The van der Waals surface area contributed by atoms with Gasteiger partial charge in [-0.15, -0.1) is 0 Å². The van der Waals surface area contributed by atoms with Crippen molar-refractivity contribution in [3.05, 3.63) is 0 Å². The molecule has 0 aromatic carbocycles. The first-order valence-corrected chi connectivity index (χ1v) is 33.8. The van der Waals surface area contributed by atoms with Crippen LogP contribution < -0.4 is 0 Å². The molecule has 0 aliphatic carbocycles. The monoisotopic (exact) mass is 944 g/mol. The number of hydrogen-bond acceptors (Lipinski definition) is 8. The molecule has 1 atom stereocenters. The second-order valence-electron chi connectivity index (χ2n) is 14.6. The van der Waals surface area contributed by atoms with E-state index in [1.54, 1.807) is 0 Å². The van der Waals surface area contributed by atoms with Crippen LogP contribution in [-0.4, -0.2) is 71.0 Å². The van der Waals surface area contributed by atoms with Crippen molar-refractivity contribution >= 4 is 51.1 Å². The Morgan fingerprint density at radius 3 is 1.14 bits per heavy atom. The minimum absolute atomic E-state index is 0.325. The summed E-state index contributed by atoms with van der Waals surface area (Å²) in [5.74, 6) is 0. The SMILES string of the molecule is CCCCCCC[CH2][Sn]([CH2]CCCCCCC)([O]C(=O)OCCCCC)[O][Sn]([CH2]CCCCCCC)([O]CCCCC)[O]C(=O)OCCCCC. The van der Waals surface area contributed by atoms with Gasteiger partial charge in [0.15, 0.2) is 0 Å². The van der Waals surface area contributed by atoms with Crippen LogP contribution in [0.4, 0.5) is 9.59 Å². The van der Waals surface area contributed by atoms with Crippen LogP contribution in [0, 0.1) is 0 Å². The zero-order chi connectivity index (χ0) is 37.7. The zero-order valence-corrected chi connectivity index (χ0v) is 40.3. The molecule has 0 rings (SSSR count). The van der Waals surface area contributed by atoms with Crippen LogP contribution in [0.3, 0.4) is 0 Å². The van der Waals surface area contributed by atoms with Crippen LogP contribution in [0.25, 0.3) is 0 Å². The molecule has 0 aromatic heterocycles. The normalized spacial score (nSPS) is 12.8. The zero-order valence-electron chi connectivity index (χ0n) is 34.6. The molecule has 1 unspecified atom stereocenters. The van der Waals surface area contributed by atoms with Gasteiger partial charge >= 0.3 is 329 Å². The summed E-state index contributed by atoms with van der Waals surface area (Å²) in [7, 11) is 0. The summed E-state index contributed by atoms with van der Waals surface area (Å²) in [5, 5.41) is 0. The first-order valence-electron chi connectivity index (χ1n) is 21.9. The summed E-state index contributed by atoms with van der Waals surface area (Å²) in [4.78, 5) is 27.0. The van der Waals surface area contributed by atoms with Crippen molar-refractivity contribution in [1.29, 1.82) is 0 Å². The summed E-state index contributed by atoms with van der Waals surface area (Å²) >= 11 is -9.04. The Kier molecular flexibility index (Phi) is 37.0. The third-order valence-electron chi connectivity index (χ3n) is 9.51. The molecular weight excluding hydrogens is 858 g/mol. The van der Waals surface area contributed by atoms with E-state index >= 15 is 0 Å². The van der Waals surface area contributed by atoms with Gasteiger partial charge in [0.25, 0.3) is 0 Å². The molecule has 0 fully saturated rings. The van der Waals surface area contributed by atoms with Crippen molar-refractivity contribution in [1.82, 2.24) is 0 Å². The van der Waals surface area contributed by atoms with Gasteiger partial charge in [-0.1, -0.05) is 0 Å². The van der Waals surface area contributed by atoms with E-state index < -0.39 is 51.1 Å². The third-order valence-corrected chi connectivity index (χ3v) is 38.4. The maximum atomic E-state index is 13.5. The quantitative estimate of drug-likeness (QED) is 0.0344. The Morgan fingerprint density at radius 2 is 0.706 bits per heavy atom. The molecule has 0 aliphatic heterocycles. The van der Waals surface area contributed by atoms with Crippen molar-refractivity contribution < 1.29 is 29.7 Å². The average molecular weight is 943 g/mol. The molecule has 0 saturated carbocycles. The van der Waals surface area contributed by atoms with Gasteiger partial charge in [0.2, 0.25) is 0 Å². The molecule has 0 aromatic rings. The predicted octanol–water partition coefficient (Wildman–Crippen LogP) is 14.4. The Morgan fingerprint density at radius 1 is 0.373 bits per heavy atom.